The molecule has 2 nitrogen and oxygen atoms in total. The lowest BCUT2D eigenvalue weighted by Crippen LogP contribution is -2.27. The number of halogens is 1. The Labute approximate surface area is 71.0 Å². The second-order valence-corrected chi connectivity index (χ2v) is 3.15. The van der Waals surface area contributed by atoms with Gasteiger partial charge in [-0.25, -0.2) is 0 Å². The number of pyridine rings is 1. The summed E-state index contributed by atoms with van der Waals surface area (Å²) in [6.07, 6.45) is 1.51. The molecule has 1 rings (SSSR count). The zero-order chi connectivity index (χ0) is 8.43. The molecule has 0 atom stereocenters. The predicted molar refractivity (Wildman–Crippen MR) is 44.5 cm³/mol. The van der Waals surface area contributed by atoms with Gasteiger partial charge in [-0.1, -0.05) is 13.8 Å². The molecule has 0 N–H and O–H groups in total. The van der Waals surface area contributed by atoms with Crippen LogP contribution in [0.15, 0.2) is 18.3 Å². The minimum absolute atomic E-state index is 0.217. The number of hydrogen-bond acceptors (Lipinski definition) is 1. The van der Waals surface area contributed by atoms with Crippen LogP contribution < -0.4 is 4.73 Å². The first-order valence-corrected chi connectivity index (χ1v) is 3.87. The molecule has 11 heavy (non-hydrogen) atoms. The van der Waals surface area contributed by atoms with Crippen molar-refractivity contribution in [2.75, 3.05) is 0 Å². The van der Waals surface area contributed by atoms with E-state index in [1.165, 1.54) is 6.20 Å². The lowest BCUT2D eigenvalue weighted by Gasteiger charge is -2.04. The third-order valence-corrected chi connectivity index (χ3v) is 1.85. The van der Waals surface area contributed by atoms with Gasteiger partial charge in [-0.2, -0.15) is 4.73 Å². The van der Waals surface area contributed by atoms with Gasteiger partial charge in [0.05, 0.1) is 0 Å². The van der Waals surface area contributed by atoms with Crippen molar-refractivity contribution in [1.82, 2.24) is 0 Å². The first-order valence-electron chi connectivity index (χ1n) is 3.50. The van der Waals surface area contributed by atoms with Gasteiger partial charge in [-0.3, -0.25) is 0 Å². The third kappa shape index (κ3) is 1.84. The van der Waals surface area contributed by atoms with Crippen LogP contribution >= 0.6 is 11.6 Å². The topological polar surface area (TPSA) is 26.9 Å². The van der Waals surface area contributed by atoms with E-state index in [0.717, 1.165) is 5.56 Å². The van der Waals surface area contributed by atoms with Crippen LogP contribution in [0.1, 0.15) is 25.3 Å². The highest BCUT2D eigenvalue weighted by molar-refractivity contribution is 6.28. The summed E-state index contributed by atoms with van der Waals surface area (Å²) in [6.45, 7) is 4.06. The van der Waals surface area contributed by atoms with Crippen LogP contribution in [0.25, 0.3) is 0 Å². The highest BCUT2D eigenvalue weighted by atomic mass is 35.5. The Balaban J connectivity index is 3.05. The molecule has 1 aromatic rings. The van der Waals surface area contributed by atoms with Gasteiger partial charge in [-0.15, -0.1) is 0 Å². The first kappa shape index (κ1) is 8.34. The normalized spacial score (nSPS) is 10.5. The Hall–Kier alpha value is -0.760. The zero-order valence-corrected chi connectivity index (χ0v) is 7.30. The van der Waals surface area contributed by atoms with Gasteiger partial charge in [0.15, 0.2) is 6.20 Å². The summed E-state index contributed by atoms with van der Waals surface area (Å²) in [4.78, 5) is 0. The molecule has 0 bridgehead atoms. The molecular formula is C8H10ClNO. The minimum Gasteiger partial charge on any atom is -0.618 e. The largest absolute Gasteiger partial charge is 0.618 e. The van der Waals surface area contributed by atoms with Crippen molar-refractivity contribution in [2.24, 2.45) is 0 Å². The van der Waals surface area contributed by atoms with Gasteiger partial charge in [0, 0.05) is 11.6 Å². The van der Waals surface area contributed by atoms with Crippen molar-refractivity contribution in [3.8, 4) is 0 Å². The second-order valence-electron chi connectivity index (χ2n) is 2.77. The van der Waals surface area contributed by atoms with Crippen molar-refractivity contribution >= 4 is 11.6 Å². The van der Waals surface area contributed by atoms with Crippen LogP contribution in [0.2, 0.25) is 5.15 Å². The molecule has 0 aliphatic rings. The van der Waals surface area contributed by atoms with Crippen LogP contribution in [-0.4, -0.2) is 0 Å². The smallest absolute Gasteiger partial charge is 0.286 e. The molecule has 0 amide bonds. The molecular weight excluding hydrogens is 162 g/mol. The zero-order valence-electron chi connectivity index (χ0n) is 6.54. The highest BCUT2D eigenvalue weighted by Crippen LogP contribution is 2.12. The van der Waals surface area contributed by atoms with E-state index < -0.39 is 0 Å². The molecule has 0 radical (unpaired) electrons. The second kappa shape index (κ2) is 3.09. The van der Waals surface area contributed by atoms with Crippen molar-refractivity contribution < 1.29 is 4.73 Å². The molecule has 0 spiro atoms. The lowest BCUT2D eigenvalue weighted by atomic mass is 10.1. The van der Waals surface area contributed by atoms with E-state index >= 15 is 0 Å². The summed E-state index contributed by atoms with van der Waals surface area (Å²) < 4.78 is 0.677. The Kier molecular flexibility index (Phi) is 2.35. The van der Waals surface area contributed by atoms with Crippen molar-refractivity contribution in [3.05, 3.63) is 34.3 Å². The van der Waals surface area contributed by atoms with E-state index in [2.05, 4.69) is 0 Å². The molecule has 0 aliphatic heterocycles. The molecule has 3 heteroatoms. The maximum Gasteiger partial charge on any atom is 0.286 e. The molecule has 0 aliphatic carbocycles. The van der Waals surface area contributed by atoms with Gasteiger partial charge in [-0.05, 0) is 23.6 Å². The van der Waals surface area contributed by atoms with Crippen molar-refractivity contribution in [3.63, 3.8) is 0 Å². The molecule has 0 fully saturated rings. The van der Waals surface area contributed by atoms with Crippen molar-refractivity contribution in [2.45, 2.75) is 19.8 Å². The summed E-state index contributed by atoms with van der Waals surface area (Å²) >= 11 is 5.54. The maximum atomic E-state index is 10.9. The van der Waals surface area contributed by atoms with Crippen LogP contribution in [0.5, 0.6) is 0 Å². The van der Waals surface area contributed by atoms with E-state index in [9.17, 15) is 5.21 Å². The summed E-state index contributed by atoms with van der Waals surface area (Å²) in [5.41, 5.74) is 1.00. The van der Waals surface area contributed by atoms with Crippen LogP contribution in [0.4, 0.5) is 0 Å². The summed E-state index contributed by atoms with van der Waals surface area (Å²) in [5, 5.41) is 11.1. The van der Waals surface area contributed by atoms with E-state index in [1.807, 2.05) is 19.9 Å². The SMILES string of the molecule is CC(C)c1ccc(Cl)[n+]([O-])c1. The molecule has 0 saturated carbocycles. The lowest BCUT2D eigenvalue weighted by molar-refractivity contribution is -0.603. The molecule has 60 valence electrons. The minimum atomic E-state index is 0.217. The molecule has 0 saturated heterocycles. The van der Waals surface area contributed by atoms with Crippen LogP contribution in [-0.2, 0) is 0 Å². The monoisotopic (exact) mass is 171 g/mol. The molecule has 1 aromatic heterocycles. The fraction of sp³-hybridized carbons (Fsp3) is 0.375. The Bertz CT molecular complexity index is 260. The fourth-order valence-electron chi connectivity index (χ4n) is 0.820. The standard InChI is InChI=1S/C8H10ClNO/c1-6(2)7-3-4-8(9)10(11)5-7/h3-6H,1-2H3. The maximum absolute atomic E-state index is 10.9. The average Bonchev–Trinajstić information content (AvgIpc) is 1.94. The van der Waals surface area contributed by atoms with Gasteiger partial charge in [0.25, 0.3) is 5.15 Å². The molecule has 1 heterocycles. The van der Waals surface area contributed by atoms with Crippen LogP contribution in [0, 0.1) is 5.21 Å². The summed E-state index contributed by atoms with van der Waals surface area (Å²) in [6, 6.07) is 3.48. The molecule has 0 unspecified atom stereocenters. The van der Waals surface area contributed by atoms with Gasteiger partial charge < -0.3 is 5.21 Å². The number of aromatic nitrogens is 1. The first-order chi connectivity index (χ1) is 5.11. The highest BCUT2D eigenvalue weighted by Gasteiger charge is 2.05. The van der Waals surface area contributed by atoms with E-state index in [1.54, 1.807) is 6.07 Å². The average molecular weight is 172 g/mol. The number of hydrogen-bond donors (Lipinski definition) is 0. The van der Waals surface area contributed by atoms with E-state index in [4.69, 9.17) is 11.6 Å². The third-order valence-electron chi connectivity index (χ3n) is 1.56. The van der Waals surface area contributed by atoms with Crippen molar-refractivity contribution in [1.29, 1.82) is 0 Å². The number of nitrogens with zero attached hydrogens (tertiary/aromatic N) is 1. The van der Waals surface area contributed by atoms with Gasteiger partial charge >= 0.3 is 0 Å². The Morgan fingerprint density at radius 2 is 2.09 bits per heavy atom. The van der Waals surface area contributed by atoms with E-state index in [-0.39, 0.29) is 5.15 Å². The quantitative estimate of drug-likeness (QED) is 0.361. The summed E-state index contributed by atoms with van der Waals surface area (Å²) in [5.74, 6) is 0.368. The van der Waals surface area contributed by atoms with E-state index in [0.29, 0.717) is 10.6 Å². The Morgan fingerprint density at radius 3 is 2.55 bits per heavy atom. The van der Waals surface area contributed by atoms with Crippen LogP contribution in [0.3, 0.4) is 0 Å². The van der Waals surface area contributed by atoms with Gasteiger partial charge in [0.1, 0.15) is 0 Å². The molecule has 0 aromatic carbocycles. The Morgan fingerprint density at radius 1 is 1.45 bits per heavy atom. The fourth-order valence-corrected chi connectivity index (χ4v) is 0.932. The van der Waals surface area contributed by atoms with Gasteiger partial charge in [0.2, 0.25) is 0 Å². The summed E-state index contributed by atoms with van der Waals surface area (Å²) in [7, 11) is 0. The predicted octanol–water partition coefficient (Wildman–Crippen LogP) is 2.10. The number of rotatable bonds is 1.